The Morgan fingerprint density at radius 3 is 2.10 bits per heavy atom. The van der Waals surface area contributed by atoms with Gasteiger partial charge in [0.1, 0.15) is 12.0 Å². The summed E-state index contributed by atoms with van der Waals surface area (Å²) in [7, 11) is 0. The number of nitrogens with zero attached hydrogens (tertiary/aromatic N) is 3. The van der Waals surface area contributed by atoms with Crippen LogP contribution in [-0.2, 0) is 0 Å². The van der Waals surface area contributed by atoms with Gasteiger partial charge in [0.2, 0.25) is 0 Å². The number of aromatic nitrogens is 1. The Labute approximate surface area is 293 Å². The smallest absolute Gasteiger partial charge is 0.159 e. The molecule has 1 aliphatic rings. The van der Waals surface area contributed by atoms with Gasteiger partial charge in [-0.25, -0.2) is 9.98 Å². The van der Waals surface area contributed by atoms with Crippen molar-refractivity contribution in [3.05, 3.63) is 187 Å². The molecule has 4 nitrogen and oxygen atoms in total. The zero-order chi connectivity index (χ0) is 33.0. The largest absolute Gasteiger partial charge is 0.344 e. The van der Waals surface area contributed by atoms with Gasteiger partial charge in [0.25, 0.3) is 0 Å². The first kappa shape index (κ1) is 28.7. The number of hydrogen-bond acceptors (Lipinski definition) is 4. The Morgan fingerprint density at radius 2 is 1.22 bits per heavy atom. The molecule has 0 amide bonds. The second-order valence-corrected chi connectivity index (χ2v) is 13.7. The molecule has 0 radical (unpaired) electrons. The lowest BCUT2D eigenvalue weighted by molar-refractivity contribution is 0.674. The molecule has 0 fully saturated rings. The summed E-state index contributed by atoms with van der Waals surface area (Å²) in [4.78, 5) is 10.1. The summed E-state index contributed by atoms with van der Waals surface area (Å²) in [6.07, 6.45) is -0.250. The molecule has 9 aromatic rings. The fraction of sp³-hybridized carbons (Fsp3) is 0.0222. The van der Waals surface area contributed by atoms with Gasteiger partial charge in [-0.05, 0) is 53.1 Å². The van der Waals surface area contributed by atoms with E-state index in [4.69, 9.17) is 9.98 Å². The minimum absolute atomic E-state index is 0.250. The molecule has 2 aromatic heterocycles. The van der Waals surface area contributed by atoms with Crippen molar-refractivity contribution < 1.29 is 0 Å². The quantitative estimate of drug-likeness (QED) is 0.196. The SMILES string of the molecule is c1ccc(C2=NC(c3ccccc3)NC(c3cccc(-n4c5ccccc5c5cc(-c6cccc7c6sc6ccccc67)ccc54)c3)=N2)cc1. The predicted octanol–water partition coefficient (Wildman–Crippen LogP) is 11.3. The normalized spacial score (nSPS) is 14.6. The van der Waals surface area contributed by atoms with Crippen LogP contribution in [0.2, 0.25) is 0 Å². The predicted molar refractivity (Wildman–Crippen MR) is 211 cm³/mol. The number of fused-ring (bicyclic) bond motifs is 6. The third kappa shape index (κ3) is 4.74. The third-order valence-electron chi connectivity index (χ3n) is 9.66. The zero-order valence-corrected chi connectivity index (χ0v) is 27.8. The summed E-state index contributed by atoms with van der Waals surface area (Å²) in [6, 6.07) is 60.3. The molecular weight excluding hydrogens is 629 g/mol. The molecule has 1 atom stereocenters. The molecule has 1 aliphatic heterocycles. The number of hydrogen-bond donors (Lipinski definition) is 1. The first-order valence-electron chi connectivity index (χ1n) is 16.9. The molecule has 1 N–H and O–H groups in total. The lowest BCUT2D eigenvalue weighted by Gasteiger charge is -2.24. The van der Waals surface area contributed by atoms with Gasteiger partial charge in [0.05, 0.1) is 11.0 Å². The Morgan fingerprint density at radius 1 is 0.520 bits per heavy atom. The van der Waals surface area contributed by atoms with Gasteiger partial charge in [0.15, 0.2) is 5.84 Å². The highest BCUT2D eigenvalue weighted by Crippen LogP contribution is 2.42. The number of thiophene rings is 1. The number of aliphatic imine (C=N–C) groups is 2. The van der Waals surface area contributed by atoms with Crippen LogP contribution in [0.4, 0.5) is 0 Å². The molecule has 5 heteroatoms. The van der Waals surface area contributed by atoms with E-state index in [1.807, 2.05) is 35.6 Å². The molecule has 50 heavy (non-hydrogen) atoms. The van der Waals surface area contributed by atoms with Crippen LogP contribution in [0.25, 0.3) is 58.8 Å². The van der Waals surface area contributed by atoms with Gasteiger partial charge in [0, 0.05) is 47.8 Å². The lowest BCUT2D eigenvalue weighted by Crippen LogP contribution is -2.33. The van der Waals surface area contributed by atoms with Crippen molar-refractivity contribution in [2.75, 3.05) is 0 Å². The van der Waals surface area contributed by atoms with Gasteiger partial charge in [-0.2, -0.15) is 0 Å². The Bertz CT molecular complexity index is 2790. The first-order chi connectivity index (χ1) is 24.8. The molecule has 0 aliphatic carbocycles. The van der Waals surface area contributed by atoms with Crippen LogP contribution < -0.4 is 5.32 Å². The van der Waals surface area contributed by atoms with E-state index < -0.39 is 0 Å². The number of nitrogens with one attached hydrogen (secondary N) is 1. The van der Waals surface area contributed by atoms with Crippen LogP contribution >= 0.6 is 11.3 Å². The number of benzene rings is 7. The van der Waals surface area contributed by atoms with Crippen molar-refractivity contribution in [1.29, 1.82) is 0 Å². The Balaban J connectivity index is 1.11. The van der Waals surface area contributed by atoms with Gasteiger partial charge < -0.3 is 9.88 Å². The van der Waals surface area contributed by atoms with Crippen LogP contribution in [0, 0.1) is 0 Å². The van der Waals surface area contributed by atoms with Crippen LogP contribution in [0.15, 0.2) is 180 Å². The van der Waals surface area contributed by atoms with E-state index in [-0.39, 0.29) is 6.17 Å². The minimum atomic E-state index is -0.250. The van der Waals surface area contributed by atoms with Crippen molar-refractivity contribution in [3.63, 3.8) is 0 Å². The highest BCUT2D eigenvalue weighted by Gasteiger charge is 2.22. The average molecular weight is 659 g/mol. The lowest BCUT2D eigenvalue weighted by atomic mass is 10.0. The fourth-order valence-electron chi connectivity index (χ4n) is 7.30. The van der Waals surface area contributed by atoms with Gasteiger partial charge >= 0.3 is 0 Å². The van der Waals surface area contributed by atoms with E-state index in [0.717, 1.165) is 34.0 Å². The van der Waals surface area contributed by atoms with Crippen LogP contribution in [0.5, 0.6) is 0 Å². The molecule has 3 heterocycles. The monoisotopic (exact) mass is 658 g/mol. The van der Waals surface area contributed by atoms with Crippen molar-refractivity contribution in [2.24, 2.45) is 9.98 Å². The van der Waals surface area contributed by atoms with E-state index in [1.165, 1.54) is 53.1 Å². The van der Waals surface area contributed by atoms with E-state index in [9.17, 15) is 0 Å². The molecule has 0 spiro atoms. The fourth-order valence-corrected chi connectivity index (χ4v) is 8.54. The van der Waals surface area contributed by atoms with E-state index in [2.05, 4.69) is 155 Å². The molecule has 0 saturated carbocycles. The van der Waals surface area contributed by atoms with E-state index in [0.29, 0.717) is 0 Å². The summed E-state index contributed by atoms with van der Waals surface area (Å²) in [6.45, 7) is 0. The molecule has 0 saturated heterocycles. The van der Waals surface area contributed by atoms with Crippen molar-refractivity contribution in [1.82, 2.24) is 9.88 Å². The zero-order valence-electron chi connectivity index (χ0n) is 27.0. The van der Waals surface area contributed by atoms with Gasteiger partial charge in [-0.1, -0.05) is 133 Å². The Kier molecular flexibility index (Phi) is 6.71. The minimum Gasteiger partial charge on any atom is -0.344 e. The standard InChI is InChI=1S/C45H30N4S/c1-3-13-29(14-4-1)43-46-44(30-15-5-2-6-16-30)48-45(47-43)32-17-11-18-33(27-32)49-39-23-9-7-19-35(39)38-28-31(25-26-40(38)49)34-21-12-22-37-36-20-8-10-24-41(36)50-42(34)37/h1-28,43H,(H,46,47,48). The van der Waals surface area contributed by atoms with E-state index in [1.54, 1.807) is 0 Å². The topological polar surface area (TPSA) is 41.7 Å². The second kappa shape index (κ2) is 11.7. The number of rotatable bonds is 5. The van der Waals surface area contributed by atoms with Crippen LogP contribution in [0.1, 0.15) is 22.9 Å². The average Bonchev–Trinajstić information content (AvgIpc) is 3.74. The molecule has 7 aromatic carbocycles. The molecule has 1 unspecified atom stereocenters. The maximum absolute atomic E-state index is 5.08. The molecule has 10 rings (SSSR count). The van der Waals surface area contributed by atoms with Crippen molar-refractivity contribution in [2.45, 2.75) is 6.17 Å². The maximum atomic E-state index is 5.08. The van der Waals surface area contributed by atoms with E-state index >= 15 is 0 Å². The summed E-state index contributed by atoms with van der Waals surface area (Å²) in [5.41, 5.74) is 9.01. The third-order valence-corrected chi connectivity index (χ3v) is 10.9. The summed E-state index contributed by atoms with van der Waals surface area (Å²) >= 11 is 1.88. The number of para-hydroxylation sites is 1. The van der Waals surface area contributed by atoms with Crippen LogP contribution in [0.3, 0.4) is 0 Å². The second-order valence-electron chi connectivity index (χ2n) is 12.7. The van der Waals surface area contributed by atoms with Gasteiger partial charge in [-0.3, -0.25) is 0 Å². The maximum Gasteiger partial charge on any atom is 0.159 e. The van der Waals surface area contributed by atoms with Gasteiger partial charge in [-0.15, -0.1) is 11.3 Å². The molecule has 0 bridgehead atoms. The molecular formula is C45H30N4S. The Hall–Kier alpha value is -6.30. The highest BCUT2D eigenvalue weighted by molar-refractivity contribution is 7.26. The molecule has 236 valence electrons. The summed E-state index contributed by atoms with van der Waals surface area (Å²) < 4.78 is 5.03. The van der Waals surface area contributed by atoms with Crippen LogP contribution in [-0.4, -0.2) is 16.2 Å². The van der Waals surface area contributed by atoms with Crippen molar-refractivity contribution in [3.8, 4) is 16.8 Å². The first-order valence-corrected chi connectivity index (χ1v) is 17.7. The number of amidine groups is 2. The van der Waals surface area contributed by atoms with Crippen molar-refractivity contribution >= 4 is 65.0 Å². The summed E-state index contributed by atoms with van der Waals surface area (Å²) in [5.74, 6) is 1.52. The summed E-state index contributed by atoms with van der Waals surface area (Å²) in [5, 5.41) is 8.74. The highest BCUT2D eigenvalue weighted by atomic mass is 32.1.